The van der Waals surface area contributed by atoms with Crippen molar-refractivity contribution in [3.63, 3.8) is 0 Å². The zero-order valence-electron chi connectivity index (χ0n) is 12.7. The van der Waals surface area contributed by atoms with Crippen molar-refractivity contribution in [1.82, 2.24) is 5.32 Å². The number of rotatable bonds is 6. The van der Waals surface area contributed by atoms with E-state index in [1.807, 2.05) is 31.2 Å². The maximum absolute atomic E-state index is 12.0. The monoisotopic (exact) mass is 288 g/mol. The van der Waals surface area contributed by atoms with E-state index in [9.17, 15) is 9.59 Å². The van der Waals surface area contributed by atoms with Crippen molar-refractivity contribution in [2.45, 2.75) is 51.0 Å². The molecule has 1 aromatic carbocycles. The fourth-order valence-electron chi connectivity index (χ4n) is 2.90. The minimum Gasteiger partial charge on any atom is -0.349 e. The molecule has 0 radical (unpaired) electrons. The van der Waals surface area contributed by atoms with Gasteiger partial charge in [0, 0.05) is 24.9 Å². The third-order valence-electron chi connectivity index (χ3n) is 4.31. The summed E-state index contributed by atoms with van der Waals surface area (Å²) in [6, 6.07) is 7.45. The molecule has 2 rings (SSSR count). The van der Waals surface area contributed by atoms with Crippen LogP contribution >= 0.6 is 0 Å². The predicted molar refractivity (Wildman–Crippen MR) is 83.1 cm³/mol. The highest BCUT2D eigenvalue weighted by Gasteiger charge is 2.33. The topological polar surface area (TPSA) is 72.2 Å². The van der Waals surface area contributed by atoms with Crippen molar-refractivity contribution < 1.29 is 9.59 Å². The van der Waals surface area contributed by atoms with Crippen LogP contribution in [-0.2, 0) is 4.79 Å². The van der Waals surface area contributed by atoms with Crippen molar-refractivity contribution in [3.05, 3.63) is 35.4 Å². The molecular formula is C17H24N2O2. The summed E-state index contributed by atoms with van der Waals surface area (Å²) < 4.78 is 0. The van der Waals surface area contributed by atoms with E-state index in [1.165, 1.54) is 0 Å². The molecule has 1 fully saturated rings. The summed E-state index contributed by atoms with van der Waals surface area (Å²) in [5.74, 6) is -0.0545. The maximum atomic E-state index is 12.0. The fraction of sp³-hybridized carbons (Fsp3) is 0.529. The normalized spacial score (nSPS) is 16.7. The number of amides is 1. The van der Waals surface area contributed by atoms with E-state index in [2.05, 4.69) is 5.32 Å². The fourth-order valence-corrected chi connectivity index (χ4v) is 2.90. The summed E-state index contributed by atoms with van der Waals surface area (Å²) in [6.45, 7) is 2.46. The highest BCUT2D eigenvalue weighted by molar-refractivity contribution is 5.98. The Balaban J connectivity index is 1.83. The lowest BCUT2D eigenvalue weighted by molar-refractivity contribution is -0.122. The van der Waals surface area contributed by atoms with Crippen LogP contribution in [0.2, 0.25) is 0 Å². The van der Waals surface area contributed by atoms with Gasteiger partial charge >= 0.3 is 0 Å². The number of aryl methyl sites for hydroxylation is 1. The molecule has 0 unspecified atom stereocenters. The Bertz CT molecular complexity index is 502. The molecule has 0 spiro atoms. The van der Waals surface area contributed by atoms with Crippen molar-refractivity contribution in [3.8, 4) is 0 Å². The summed E-state index contributed by atoms with van der Waals surface area (Å²) in [7, 11) is 0. The Labute approximate surface area is 126 Å². The Morgan fingerprint density at radius 3 is 2.33 bits per heavy atom. The second kappa shape index (κ2) is 6.85. The van der Waals surface area contributed by atoms with Crippen LogP contribution < -0.4 is 11.1 Å². The van der Waals surface area contributed by atoms with Crippen LogP contribution in [0.4, 0.5) is 0 Å². The summed E-state index contributed by atoms with van der Waals surface area (Å²) in [4.78, 5) is 24.1. The number of carbonyl (C=O) groups excluding carboxylic acids is 2. The number of hydrogen-bond acceptors (Lipinski definition) is 3. The predicted octanol–water partition coefficient (Wildman–Crippen LogP) is 2.35. The van der Waals surface area contributed by atoms with Gasteiger partial charge in [-0.1, -0.05) is 42.7 Å². The minimum absolute atomic E-state index is 0.0124. The lowest BCUT2D eigenvalue weighted by Crippen LogP contribution is -2.51. The van der Waals surface area contributed by atoms with E-state index in [-0.39, 0.29) is 30.1 Å². The van der Waals surface area contributed by atoms with E-state index in [4.69, 9.17) is 5.73 Å². The second-order valence-corrected chi connectivity index (χ2v) is 6.03. The number of ketones is 1. The number of nitrogens with two attached hydrogens (primary N) is 1. The average molecular weight is 288 g/mol. The molecule has 114 valence electrons. The SMILES string of the molecule is Cc1ccc(C(=O)CCC(=O)NC2(CN)CCCC2)cc1. The van der Waals surface area contributed by atoms with Gasteiger partial charge in [0.1, 0.15) is 0 Å². The van der Waals surface area contributed by atoms with Gasteiger partial charge in [0.15, 0.2) is 5.78 Å². The summed E-state index contributed by atoms with van der Waals surface area (Å²) in [5, 5.41) is 3.04. The van der Waals surface area contributed by atoms with Gasteiger partial charge in [-0.25, -0.2) is 0 Å². The molecule has 1 saturated carbocycles. The van der Waals surface area contributed by atoms with Gasteiger partial charge in [0.2, 0.25) is 5.91 Å². The van der Waals surface area contributed by atoms with Gasteiger partial charge in [-0.3, -0.25) is 9.59 Å². The van der Waals surface area contributed by atoms with Crippen LogP contribution in [0.3, 0.4) is 0 Å². The molecule has 0 saturated heterocycles. The highest BCUT2D eigenvalue weighted by atomic mass is 16.2. The van der Waals surface area contributed by atoms with E-state index in [0.29, 0.717) is 12.1 Å². The van der Waals surface area contributed by atoms with E-state index in [1.54, 1.807) is 0 Å². The first kappa shape index (κ1) is 15.7. The zero-order chi connectivity index (χ0) is 15.3. The van der Waals surface area contributed by atoms with Crippen LogP contribution in [0.15, 0.2) is 24.3 Å². The van der Waals surface area contributed by atoms with Crippen molar-refractivity contribution in [2.75, 3.05) is 6.54 Å². The van der Waals surface area contributed by atoms with Gasteiger partial charge in [-0.2, -0.15) is 0 Å². The van der Waals surface area contributed by atoms with Gasteiger partial charge in [-0.15, -0.1) is 0 Å². The largest absolute Gasteiger partial charge is 0.349 e. The molecule has 1 amide bonds. The molecule has 3 N–H and O–H groups in total. The van der Waals surface area contributed by atoms with E-state index < -0.39 is 0 Å². The Hall–Kier alpha value is -1.68. The molecule has 1 aromatic rings. The third kappa shape index (κ3) is 4.14. The molecule has 4 heteroatoms. The lowest BCUT2D eigenvalue weighted by Gasteiger charge is -2.28. The second-order valence-electron chi connectivity index (χ2n) is 6.03. The third-order valence-corrected chi connectivity index (χ3v) is 4.31. The Morgan fingerprint density at radius 2 is 1.76 bits per heavy atom. The molecule has 0 aromatic heterocycles. The van der Waals surface area contributed by atoms with E-state index >= 15 is 0 Å². The maximum Gasteiger partial charge on any atom is 0.220 e. The van der Waals surface area contributed by atoms with Gasteiger partial charge in [-0.05, 0) is 19.8 Å². The molecule has 0 atom stereocenters. The zero-order valence-corrected chi connectivity index (χ0v) is 12.7. The van der Waals surface area contributed by atoms with Crippen LogP contribution in [-0.4, -0.2) is 23.8 Å². The van der Waals surface area contributed by atoms with Crippen LogP contribution in [0, 0.1) is 6.92 Å². The number of Topliss-reactive ketones (excluding diaryl/α,β-unsaturated/α-hetero) is 1. The average Bonchev–Trinajstić information content (AvgIpc) is 2.94. The van der Waals surface area contributed by atoms with Crippen LogP contribution in [0.5, 0.6) is 0 Å². The number of hydrogen-bond donors (Lipinski definition) is 2. The minimum atomic E-state index is -0.232. The van der Waals surface area contributed by atoms with Crippen LogP contribution in [0.1, 0.15) is 54.4 Å². The molecule has 1 aliphatic carbocycles. The molecule has 0 heterocycles. The van der Waals surface area contributed by atoms with Crippen molar-refractivity contribution >= 4 is 11.7 Å². The summed E-state index contributed by atoms with van der Waals surface area (Å²) in [6.07, 6.45) is 4.59. The first-order valence-electron chi connectivity index (χ1n) is 7.66. The van der Waals surface area contributed by atoms with Gasteiger partial charge < -0.3 is 11.1 Å². The quantitative estimate of drug-likeness (QED) is 0.789. The van der Waals surface area contributed by atoms with Gasteiger partial charge in [0.05, 0.1) is 5.54 Å². The first-order chi connectivity index (χ1) is 10.0. The highest BCUT2D eigenvalue weighted by Crippen LogP contribution is 2.28. The van der Waals surface area contributed by atoms with Gasteiger partial charge in [0.25, 0.3) is 0 Å². The smallest absolute Gasteiger partial charge is 0.220 e. The summed E-state index contributed by atoms with van der Waals surface area (Å²) >= 11 is 0. The molecule has 21 heavy (non-hydrogen) atoms. The molecule has 1 aliphatic rings. The first-order valence-corrected chi connectivity index (χ1v) is 7.66. The standard InChI is InChI=1S/C17H24N2O2/c1-13-4-6-14(7-5-13)15(20)8-9-16(21)19-17(12-18)10-2-3-11-17/h4-7H,2-3,8-12,18H2,1H3,(H,19,21). The number of benzene rings is 1. The number of nitrogens with one attached hydrogen (secondary N) is 1. The van der Waals surface area contributed by atoms with Crippen molar-refractivity contribution in [1.29, 1.82) is 0 Å². The van der Waals surface area contributed by atoms with Crippen molar-refractivity contribution in [2.24, 2.45) is 5.73 Å². The Kier molecular flexibility index (Phi) is 5.12. The molecule has 0 bridgehead atoms. The molecular weight excluding hydrogens is 264 g/mol. The van der Waals surface area contributed by atoms with Crippen LogP contribution in [0.25, 0.3) is 0 Å². The van der Waals surface area contributed by atoms with E-state index in [0.717, 1.165) is 31.2 Å². The molecule has 0 aliphatic heterocycles. The molecule has 4 nitrogen and oxygen atoms in total. The lowest BCUT2D eigenvalue weighted by atomic mass is 9.97. The number of carbonyl (C=O) groups is 2. The summed E-state index contributed by atoms with van der Waals surface area (Å²) in [5.41, 5.74) is 7.35. The Morgan fingerprint density at radius 1 is 1.14 bits per heavy atom.